The summed E-state index contributed by atoms with van der Waals surface area (Å²) in [7, 11) is 0. The van der Waals surface area contributed by atoms with E-state index in [0.29, 0.717) is 28.8 Å². The fourth-order valence-electron chi connectivity index (χ4n) is 2.69. The number of carbonyl (C=O) groups is 1. The number of nitrogens with one attached hydrogen (secondary N) is 2. The third-order valence-electron chi connectivity index (χ3n) is 3.92. The number of thioether (sulfide) groups is 1. The van der Waals surface area contributed by atoms with E-state index in [1.165, 1.54) is 16.6 Å². The molecule has 0 aliphatic heterocycles. The van der Waals surface area contributed by atoms with Crippen LogP contribution < -0.4 is 10.9 Å². The number of aryl methyl sites for hydroxylation is 1. The Balaban J connectivity index is 2.01. The molecule has 1 amide bonds. The molecule has 2 aromatic rings. The maximum Gasteiger partial charge on any atom is 0.254 e. The number of hydrogen-bond donors (Lipinski definition) is 2. The first-order valence-corrected chi connectivity index (χ1v) is 10.5. The van der Waals surface area contributed by atoms with Crippen molar-refractivity contribution in [2.75, 3.05) is 6.26 Å². The number of amides is 1. The second kappa shape index (κ2) is 9.20. The van der Waals surface area contributed by atoms with E-state index in [4.69, 9.17) is 0 Å². The van der Waals surface area contributed by atoms with Crippen LogP contribution in [0.25, 0.3) is 0 Å². The molecule has 7 heteroatoms. The smallest absolute Gasteiger partial charge is 0.254 e. The van der Waals surface area contributed by atoms with Crippen molar-refractivity contribution in [2.45, 2.75) is 51.2 Å². The Morgan fingerprint density at radius 1 is 1.44 bits per heavy atom. The van der Waals surface area contributed by atoms with Crippen molar-refractivity contribution < 1.29 is 4.79 Å². The van der Waals surface area contributed by atoms with Crippen molar-refractivity contribution >= 4 is 29.0 Å². The van der Waals surface area contributed by atoms with E-state index < -0.39 is 0 Å². The third-order valence-corrected chi connectivity index (χ3v) is 5.49. The van der Waals surface area contributed by atoms with E-state index in [2.05, 4.69) is 35.2 Å². The fourth-order valence-corrected chi connectivity index (χ4v) is 3.90. The first-order chi connectivity index (χ1) is 11.9. The van der Waals surface area contributed by atoms with Gasteiger partial charge in [0.15, 0.2) is 5.16 Å². The molecule has 0 radical (unpaired) electrons. The lowest BCUT2D eigenvalue weighted by molar-refractivity contribution is -0.121. The number of nitrogens with zero attached hydrogens (tertiary/aromatic N) is 1. The molecule has 136 valence electrons. The second-order valence-corrected chi connectivity index (χ2v) is 8.18. The Morgan fingerprint density at radius 2 is 2.20 bits per heavy atom. The van der Waals surface area contributed by atoms with Gasteiger partial charge in [0.05, 0.1) is 6.04 Å². The zero-order chi connectivity index (χ0) is 18.4. The van der Waals surface area contributed by atoms with Gasteiger partial charge in [-0.2, -0.15) is 0 Å². The molecule has 0 spiro atoms. The predicted octanol–water partition coefficient (Wildman–Crippen LogP) is 3.70. The molecule has 2 N–H and O–H groups in total. The molecular weight excluding hydrogens is 354 g/mol. The van der Waals surface area contributed by atoms with Crippen molar-refractivity contribution in [3.63, 3.8) is 0 Å². The van der Waals surface area contributed by atoms with Crippen LogP contribution in [-0.4, -0.2) is 22.1 Å². The lowest BCUT2D eigenvalue weighted by atomic mass is 10.0. The van der Waals surface area contributed by atoms with Gasteiger partial charge in [0.1, 0.15) is 0 Å². The monoisotopic (exact) mass is 379 g/mol. The molecule has 5 nitrogen and oxygen atoms in total. The molecule has 2 heterocycles. The number of thiophene rings is 1. The van der Waals surface area contributed by atoms with Crippen LogP contribution in [0.1, 0.15) is 48.9 Å². The van der Waals surface area contributed by atoms with E-state index in [9.17, 15) is 9.59 Å². The third kappa shape index (κ3) is 5.71. The zero-order valence-electron chi connectivity index (χ0n) is 15.1. The van der Waals surface area contributed by atoms with Gasteiger partial charge in [-0.05, 0) is 43.4 Å². The summed E-state index contributed by atoms with van der Waals surface area (Å²) in [5.74, 6) is 0.451. The fraction of sp³-hybridized carbons (Fsp3) is 0.500. The van der Waals surface area contributed by atoms with E-state index >= 15 is 0 Å². The average Bonchev–Trinajstić information content (AvgIpc) is 3.07. The molecule has 1 unspecified atom stereocenters. The number of hydrogen-bond acceptors (Lipinski definition) is 5. The number of aromatic amines is 1. The topological polar surface area (TPSA) is 74.8 Å². The Hall–Kier alpha value is -1.60. The summed E-state index contributed by atoms with van der Waals surface area (Å²) in [5.41, 5.74) is 1.13. The standard InChI is InChI=1S/C18H25N3O2S2/c1-11(2)10-14(15-6-5-9-25-15)20-16(22)8-7-13-12(3)19-18(24-4)21-17(13)23/h5-6,9,11,14H,7-8,10H2,1-4H3,(H,20,22)(H,19,21,23). The van der Waals surface area contributed by atoms with Crippen molar-refractivity contribution in [3.8, 4) is 0 Å². The molecule has 0 saturated carbocycles. The Bertz CT molecular complexity index is 754. The molecule has 2 rings (SSSR count). The van der Waals surface area contributed by atoms with Gasteiger partial charge >= 0.3 is 0 Å². The lowest BCUT2D eigenvalue weighted by Crippen LogP contribution is -2.30. The van der Waals surface area contributed by atoms with Gasteiger partial charge in [-0.1, -0.05) is 31.7 Å². The highest BCUT2D eigenvalue weighted by molar-refractivity contribution is 7.98. The number of rotatable bonds is 8. The number of carbonyl (C=O) groups excluding carboxylic acids is 1. The van der Waals surface area contributed by atoms with Gasteiger partial charge < -0.3 is 10.3 Å². The van der Waals surface area contributed by atoms with Gasteiger partial charge in [0, 0.05) is 22.6 Å². The average molecular weight is 380 g/mol. The summed E-state index contributed by atoms with van der Waals surface area (Å²) in [6.07, 6.45) is 3.44. The lowest BCUT2D eigenvalue weighted by Gasteiger charge is -2.19. The molecule has 0 saturated heterocycles. The quantitative estimate of drug-likeness (QED) is 0.542. The molecule has 25 heavy (non-hydrogen) atoms. The van der Waals surface area contributed by atoms with Crippen LogP contribution in [-0.2, 0) is 11.2 Å². The van der Waals surface area contributed by atoms with Crippen molar-refractivity contribution in [3.05, 3.63) is 44.0 Å². The minimum absolute atomic E-state index is 0.0314. The molecule has 0 aliphatic carbocycles. The highest BCUT2D eigenvalue weighted by Crippen LogP contribution is 2.25. The first-order valence-electron chi connectivity index (χ1n) is 8.37. The van der Waals surface area contributed by atoms with Crippen LogP contribution in [0.4, 0.5) is 0 Å². The van der Waals surface area contributed by atoms with Crippen LogP contribution in [0.15, 0.2) is 27.5 Å². The summed E-state index contributed by atoms with van der Waals surface area (Å²) in [4.78, 5) is 32.8. The molecule has 0 aromatic carbocycles. The van der Waals surface area contributed by atoms with Crippen LogP contribution in [0.3, 0.4) is 0 Å². The molecular formula is C18H25N3O2S2. The van der Waals surface area contributed by atoms with Crippen molar-refractivity contribution in [2.24, 2.45) is 5.92 Å². The summed E-state index contributed by atoms with van der Waals surface area (Å²) in [6.45, 7) is 6.11. The molecule has 2 aromatic heterocycles. The van der Waals surface area contributed by atoms with Crippen LogP contribution in [0.2, 0.25) is 0 Å². The highest BCUT2D eigenvalue weighted by Gasteiger charge is 2.18. The van der Waals surface area contributed by atoms with Gasteiger partial charge in [0.25, 0.3) is 5.56 Å². The van der Waals surface area contributed by atoms with E-state index in [-0.39, 0.29) is 23.9 Å². The van der Waals surface area contributed by atoms with Crippen LogP contribution in [0, 0.1) is 12.8 Å². The van der Waals surface area contributed by atoms with Gasteiger partial charge in [-0.25, -0.2) is 4.98 Å². The van der Waals surface area contributed by atoms with Crippen LogP contribution in [0.5, 0.6) is 0 Å². The summed E-state index contributed by atoms with van der Waals surface area (Å²) < 4.78 is 0. The normalized spacial score (nSPS) is 12.4. The van der Waals surface area contributed by atoms with Gasteiger partial charge in [-0.3, -0.25) is 9.59 Å². The van der Waals surface area contributed by atoms with E-state index in [1.807, 2.05) is 24.6 Å². The molecule has 0 aliphatic rings. The predicted molar refractivity (Wildman–Crippen MR) is 104 cm³/mol. The van der Waals surface area contributed by atoms with Gasteiger partial charge in [0.2, 0.25) is 5.91 Å². The molecule has 0 bridgehead atoms. The SMILES string of the molecule is CSc1nc(C)c(CCC(=O)NC(CC(C)C)c2cccs2)c(=O)[nH]1. The number of H-pyrrole nitrogens is 1. The Kier molecular flexibility index (Phi) is 7.25. The summed E-state index contributed by atoms with van der Waals surface area (Å²) in [6, 6.07) is 4.09. The van der Waals surface area contributed by atoms with Crippen molar-refractivity contribution in [1.82, 2.24) is 15.3 Å². The van der Waals surface area contributed by atoms with Crippen LogP contribution >= 0.6 is 23.1 Å². The summed E-state index contributed by atoms with van der Waals surface area (Å²) in [5, 5.41) is 5.74. The molecule has 1 atom stereocenters. The minimum Gasteiger partial charge on any atom is -0.348 e. The maximum absolute atomic E-state index is 12.4. The first kappa shape index (κ1) is 19.7. The number of aromatic nitrogens is 2. The van der Waals surface area contributed by atoms with Gasteiger partial charge in [-0.15, -0.1) is 11.3 Å². The minimum atomic E-state index is -0.151. The Morgan fingerprint density at radius 3 is 2.76 bits per heavy atom. The maximum atomic E-state index is 12.4. The second-order valence-electron chi connectivity index (χ2n) is 6.40. The largest absolute Gasteiger partial charge is 0.348 e. The van der Waals surface area contributed by atoms with E-state index in [0.717, 1.165) is 6.42 Å². The Labute approximate surface area is 156 Å². The molecule has 0 fully saturated rings. The zero-order valence-corrected chi connectivity index (χ0v) is 16.7. The van der Waals surface area contributed by atoms with E-state index in [1.54, 1.807) is 11.3 Å². The van der Waals surface area contributed by atoms with Crippen molar-refractivity contribution in [1.29, 1.82) is 0 Å². The summed E-state index contributed by atoms with van der Waals surface area (Å²) >= 11 is 3.05. The highest BCUT2D eigenvalue weighted by atomic mass is 32.2.